The van der Waals surface area contributed by atoms with Crippen molar-refractivity contribution in [1.82, 2.24) is 19.9 Å². The molecule has 0 aliphatic heterocycles. The lowest BCUT2D eigenvalue weighted by Crippen LogP contribution is -2.24. The van der Waals surface area contributed by atoms with Crippen molar-refractivity contribution < 1.29 is 4.79 Å². The molecule has 5 nitrogen and oxygen atoms in total. The highest BCUT2D eigenvalue weighted by Gasteiger charge is 2.04. The number of aromatic nitrogens is 3. The smallest absolute Gasteiger partial charge is 0.244 e. The SMILES string of the molecule is O=C(/C=C/c1cc(Cl)cc(Cl)c1)NCCc1nnc2ccccn12. The quantitative estimate of drug-likeness (QED) is 0.709. The minimum Gasteiger partial charge on any atom is -0.352 e. The van der Waals surface area contributed by atoms with Gasteiger partial charge in [0.05, 0.1) is 0 Å². The number of pyridine rings is 1. The van der Waals surface area contributed by atoms with E-state index in [4.69, 9.17) is 23.2 Å². The van der Waals surface area contributed by atoms with Crippen LogP contribution >= 0.6 is 23.2 Å². The van der Waals surface area contributed by atoms with Crippen LogP contribution in [0.25, 0.3) is 11.7 Å². The second kappa shape index (κ2) is 7.47. The van der Waals surface area contributed by atoms with Crippen molar-refractivity contribution in [3.05, 3.63) is 70.1 Å². The van der Waals surface area contributed by atoms with Crippen molar-refractivity contribution in [3.8, 4) is 0 Å². The predicted molar refractivity (Wildman–Crippen MR) is 95.2 cm³/mol. The molecule has 0 unspecified atom stereocenters. The Morgan fingerprint density at radius 3 is 2.75 bits per heavy atom. The van der Waals surface area contributed by atoms with Crippen LogP contribution in [0.1, 0.15) is 11.4 Å². The zero-order valence-electron chi connectivity index (χ0n) is 12.6. The summed E-state index contributed by atoms with van der Waals surface area (Å²) in [4.78, 5) is 11.9. The molecule has 0 aliphatic carbocycles. The molecule has 0 radical (unpaired) electrons. The van der Waals surface area contributed by atoms with E-state index >= 15 is 0 Å². The highest BCUT2D eigenvalue weighted by atomic mass is 35.5. The van der Waals surface area contributed by atoms with Gasteiger partial charge in [0.25, 0.3) is 0 Å². The largest absolute Gasteiger partial charge is 0.352 e. The lowest BCUT2D eigenvalue weighted by Gasteiger charge is -2.02. The average molecular weight is 361 g/mol. The lowest BCUT2D eigenvalue weighted by atomic mass is 10.2. The fourth-order valence-electron chi connectivity index (χ4n) is 2.26. The van der Waals surface area contributed by atoms with Crippen LogP contribution in [-0.4, -0.2) is 27.0 Å². The number of fused-ring (bicyclic) bond motifs is 1. The van der Waals surface area contributed by atoms with Gasteiger partial charge in [-0.25, -0.2) is 0 Å². The van der Waals surface area contributed by atoms with Crippen molar-refractivity contribution >= 4 is 40.8 Å². The first kappa shape index (κ1) is 16.5. The summed E-state index contributed by atoms with van der Waals surface area (Å²) in [5.41, 5.74) is 1.56. The van der Waals surface area contributed by atoms with Gasteiger partial charge in [-0.3, -0.25) is 9.20 Å². The molecule has 122 valence electrons. The molecule has 3 rings (SSSR count). The number of nitrogens with one attached hydrogen (secondary N) is 1. The molecule has 0 fully saturated rings. The zero-order valence-corrected chi connectivity index (χ0v) is 14.1. The third kappa shape index (κ3) is 4.13. The van der Waals surface area contributed by atoms with Crippen LogP contribution in [0.4, 0.5) is 0 Å². The molecule has 0 saturated heterocycles. The van der Waals surface area contributed by atoms with Crippen LogP contribution in [-0.2, 0) is 11.2 Å². The van der Waals surface area contributed by atoms with Gasteiger partial charge in [0.15, 0.2) is 5.65 Å². The van der Waals surface area contributed by atoms with Crippen LogP contribution in [0.3, 0.4) is 0 Å². The Morgan fingerprint density at radius 1 is 1.17 bits per heavy atom. The first-order chi connectivity index (χ1) is 11.6. The lowest BCUT2D eigenvalue weighted by molar-refractivity contribution is -0.116. The molecule has 3 aromatic rings. The monoisotopic (exact) mass is 360 g/mol. The van der Waals surface area contributed by atoms with E-state index in [2.05, 4.69) is 15.5 Å². The second-order valence-corrected chi connectivity index (χ2v) is 6.00. The van der Waals surface area contributed by atoms with Crippen molar-refractivity contribution in [2.75, 3.05) is 6.54 Å². The number of nitrogens with zero attached hydrogens (tertiary/aromatic N) is 3. The Labute approximate surface area is 148 Å². The van der Waals surface area contributed by atoms with Gasteiger partial charge in [0, 0.05) is 35.3 Å². The molecule has 0 bridgehead atoms. The fourth-order valence-corrected chi connectivity index (χ4v) is 2.80. The number of hydrogen-bond donors (Lipinski definition) is 1. The van der Waals surface area contributed by atoms with E-state index in [1.165, 1.54) is 6.08 Å². The predicted octanol–water partition coefficient (Wildman–Crippen LogP) is 3.41. The molecule has 0 atom stereocenters. The summed E-state index contributed by atoms with van der Waals surface area (Å²) < 4.78 is 1.90. The van der Waals surface area contributed by atoms with E-state index in [1.807, 2.05) is 28.8 Å². The third-order valence-corrected chi connectivity index (χ3v) is 3.78. The van der Waals surface area contributed by atoms with Gasteiger partial charge in [-0.05, 0) is 42.0 Å². The summed E-state index contributed by atoms with van der Waals surface area (Å²) in [6.45, 7) is 0.467. The molecular weight excluding hydrogens is 347 g/mol. The van der Waals surface area contributed by atoms with E-state index in [0.717, 1.165) is 17.0 Å². The Balaban J connectivity index is 1.55. The molecule has 7 heteroatoms. The summed E-state index contributed by atoms with van der Waals surface area (Å²) in [6, 6.07) is 10.8. The van der Waals surface area contributed by atoms with E-state index in [9.17, 15) is 4.79 Å². The van der Waals surface area contributed by atoms with Gasteiger partial charge in [0.1, 0.15) is 5.82 Å². The van der Waals surface area contributed by atoms with E-state index in [0.29, 0.717) is 23.0 Å². The molecule has 1 N–H and O–H groups in total. The molecule has 24 heavy (non-hydrogen) atoms. The average Bonchev–Trinajstić information content (AvgIpc) is 2.96. The molecule has 1 amide bonds. The van der Waals surface area contributed by atoms with Gasteiger partial charge in [-0.15, -0.1) is 10.2 Å². The summed E-state index contributed by atoms with van der Waals surface area (Å²) in [5.74, 6) is 0.608. The molecule has 0 saturated carbocycles. The minimum atomic E-state index is -0.195. The first-order valence-electron chi connectivity index (χ1n) is 7.32. The molecule has 1 aromatic carbocycles. The van der Waals surface area contributed by atoms with Crippen LogP contribution in [0.2, 0.25) is 10.0 Å². The van der Waals surface area contributed by atoms with Crippen LogP contribution in [0.5, 0.6) is 0 Å². The van der Waals surface area contributed by atoms with E-state index in [1.54, 1.807) is 24.3 Å². The van der Waals surface area contributed by atoms with Gasteiger partial charge in [-0.2, -0.15) is 0 Å². The van der Waals surface area contributed by atoms with Crippen molar-refractivity contribution in [3.63, 3.8) is 0 Å². The first-order valence-corrected chi connectivity index (χ1v) is 8.08. The number of carbonyl (C=O) groups excluding carboxylic acids is 1. The number of benzene rings is 1. The number of amides is 1. The van der Waals surface area contributed by atoms with Gasteiger partial charge in [-0.1, -0.05) is 29.3 Å². The van der Waals surface area contributed by atoms with Gasteiger partial charge < -0.3 is 5.32 Å². The number of halogens is 2. The van der Waals surface area contributed by atoms with Crippen molar-refractivity contribution in [2.24, 2.45) is 0 Å². The zero-order chi connectivity index (χ0) is 16.9. The Morgan fingerprint density at radius 2 is 1.96 bits per heavy atom. The number of rotatable bonds is 5. The number of hydrogen-bond acceptors (Lipinski definition) is 3. The third-order valence-electron chi connectivity index (χ3n) is 3.34. The molecule has 0 aliphatic rings. The molecule has 0 spiro atoms. The van der Waals surface area contributed by atoms with Crippen LogP contribution in [0, 0.1) is 0 Å². The fraction of sp³-hybridized carbons (Fsp3) is 0.118. The van der Waals surface area contributed by atoms with Crippen LogP contribution in [0.15, 0.2) is 48.7 Å². The van der Waals surface area contributed by atoms with Gasteiger partial charge >= 0.3 is 0 Å². The maximum atomic E-state index is 11.9. The Kier molecular flexibility index (Phi) is 5.13. The topological polar surface area (TPSA) is 59.3 Å². The highest BCUT2D eigenvalue weighted by Crippen LogP contribution is 2.19. The molecular formula is C17H14Cl2N4O. The second-order valence-electron chi connectivity index (χ2n) is 5.12. The summed E-state index contributed by atoms with van der Waals surface area (Å²) in [6.07, 6.45) is 5.60. The van der Waals surface area contributed by atoms with E-state index < -0.39 is 0 Å². The summed E-state index contributed by atoms with van der Waals surface area (Å²) in [7, 11) is 0. The standard InChI is InChI=1S/C17H14Cl2N4O/c18-13-9-12(10-14(19)11-13)4-5-17(24)20-7-6-16-22-21-15-3-1-2-8-23(15)16/h1-5,8-11H,6-7H2,(H,20,24)/b5-4+. The molecule has 2 heterocycles. The Hall–Kier alpha value is -2.37. The Bertz CT molecular complexity index is 884. The van der Waals surface area contributed by atoms with E-state index in [-0.39, 0.29) is 5.91 Å². The normalized spacial score (nSPS) is 11.2. The van der Waals surface area contributed by atoms with Crippen molar-refractivity contribution in [1.29, 1.82) is 0 Å². The molecule has 2 aromatic heterocycles. The summed E-state index contributed by atoms with van der Waals surface area (Å²) >= 11 is 11.8. The maximum Gasteiger partial charge on any atom is 0.244 e. The maximum absolute atomic E-state index is 11.9. The van der Waals surface area contributed by atoms with Gasteiger partial charge in [0.2, 0.25) is 5.91 Å². The number of carbonyl (C=O) groups is 1. The highest BCUT2D eigenvalue weighted by molar-refractivity contribution is 6.34. The summed E-state index contributed by atoms with van der Waals surface area (Å²) in [5, 5.41) is 12.1. The van der Waals surface area contributed by atoms with Crippen LogP contribution < -0.4 is 5.32 Å². The van der Waals surface area contributed by atoms with Crippen molar-refractivity contribution in [2.45, 2.75) is 6.42 Å². The minimum absolute atomic E-state index is 0.195.